The number of thiophene rings is 1. The SMILES string of the molecule is O=C(Cc1n[nH]c(=O)c2ccccc12)NCC(c1cccs1)N1CCOCC1. The second-order valence-electron chi connectivity index (χ2n) is 6.71. The molecule has 2 aromatic heterocycles. The number of ether oxygens (including phenoxy) is 1. The molecule has 0 bridgehead atoms. The topological polar surface area (TPSA) is 87.3 Å². The second kappa shape index (κ2) is 8.64. The molecule has 8 heteroatoms. The summed E-state index contributed by atoms with van der Waals surface area (Å²) in [7, 11) is 0. The van der Waals surface area contributed by atoms with Crippen molar-refractivity contribution in [2.75, 3.05) is 32.8 Å². The average molecular weight is 398 g/mol. The van der Waals surface area contributed by atoms with Gasteiger partial charge in [0.05, 0.1) is 36.8 Å². The van der Waals surface area contributed by atoms with Crippen molar-refractivity contribution >= 4 is 28.0 Å². The van der Waals surface area contributed by atoms with Crippen LogP contribution >= 0.6 is 11.3 Å². The summed E-state index contributed by atoms with van der Waals surface area (Å²) in [6.07, 6.45) is 0.123. The number of amides is 1. The standard InChI is InChI=1S/C20H22N4O3S/c25-19(12-16-14-4-1-2-5-15(14)20(26)23-22-16)21-13-17(18-6-3-11-28-18)24-7-9-27-10-8-24/h1-6,11,17H,7-10,12-13H2,(H,21,25)(H,23,26). The Morgan fingerprint density at radius 1 is 1.21 bits per heavy atom. The van der Waals surface area contributed by atoms with Crippen LogP contribution in [0.1, 0.15) is 16.6 Å². The fourth-order valence-electron chi connectivity index (χ4n) is 3.51. The Bertz CT molecular complexity index is 996. The van der Waals surface area contributed by atoms with Crippen molar-refractivity contribution < 1.29 is 9.53 Å². The number of aromatic nitrogens is 2. The highest BCUT2D eigenvalue weighted by molar-refractivity contribution is 7.10. The molecule has 0 spiro atoms. The Labute approximate surface area is 166 Å². The monoisotopic (exact) mass is 398 g/mol. The van der Waals surface area contributed by atoms with Crippen LogP contribution in [-0.2, 0) is 16.0 Å². The lowest BCUT2D eigenvalue weighted by Crippen LogP contribution is -2.43. The predicted molar refractivity (Wildman–Crippen MR) is 109 cm³/mol. The quantitative estimate of drug-likeness (QED) is 0.660. The highest BCUT2D eigenvalue weighted by Crippen LogP contribution is 2.25. The molecule has 0 saturated carbocycles. The van der Waals surface area contributed by atoms with Gasteiger partial charge in [-0.1, -0.05) is 24.3 Å². The Balaban J connectivity index is 1.46. The van der Waals surface area contributed by atoms with E-state index in [1.54, 1.807) is 23.5 Å². The van der Waals surface area contributed by atoms with Crippen LogP contribution in [0.15, 0.2) is 46.6 Å². The fraction of sp³-hybridized carbons (Fsp3) is 0.350. The molecule has 0 aliphatic carbocycles. The van der Waals surface area contributed by atoms with Gasteiger partial charge >= 0.3 is 0 Å². The molecule has 28 heavy (non-hydrogen) atoms. The van der Waals surface area contributed by atoms with Crippen molar-refractivity contribution in [3.63, 3.8) is 0 Å². The van der Waals surface area contributed by atoms with Gasteiger partial charge in [0, 0.05) is 29.9 Å². The predicted octanol–water partition coefficient (Wildman–Crippen LogP) is 1.72. The van der Waals surface area contributed by atoms with E-state index in [0.29, 0.717) is 36.2 Å². The molecule has 1 atom stereocenters. The third-order valence-corrected chi connectivity index (χ3v) is 5.93. The van der Waals surface area contributed by atoms with Gasteiger partial charge in [-0.2, -0.15) is 5.10 Å². The van der Waals surface area contributed by atoms with Crippen LogP contribution in [0.5, 0.6) is 0 Å². The number of hydrogen-bond acceptors (Lipinski definition) is 6. The van der Waals surface area contributed by atoms with Gasteiger partial charge in [0.2, 0.25) is 5.91 Å². The summed E-state index contributed by atoms with van der Waals surface area (Å²) in [5.74, 6) is -0.112. The zero-order valence-corrected chi connectivity index (χ0v) is 16.2. The Hall–Kier alpha value is -2.55. The Kier molecular flexibility index (Phi) is 5.80. The number of nitrogens with zero attached hydrogens (tertiary/aromatic N) is 2. The molecule has 2 N–H and O–H groups in total. The molecule has 1 fully saturated rings. The van der Waals surface area contributed by atoms with Crippen LogP contribution in [-0.4, -0.2) is 53.9 Å². The molecule has 0 radical (unpaired) electrons. The largest absolute Gasteiger partial charge is 0.379 e. The molecule has 3 aromatic rings. The van der Waals surface area contributed by atoms with Gasteiger partial charge in [0.15, 0.2) is 0 Å². The smallest absolute Gasteiger partial charge is 0.272 e. The van der Waals surface area contributed by atoms with E-state index in [1.807, 2.05) is 18.2 Å². The van der Waals surface area contributed by atoms with Crippen molar-refractivity contribution in [2.45, 2.75) is 12.5 Å². The average Bonchev–Trinajstić information content (AvgIpc) is 3.26. The number of aromatic amines is 1. The minimum absolute atomic E-state index is 0.112. The number of benzene rings is 1. The van der Waals surface area contributed by atoms with Gasteiger partial charge in [-0.3, -0.25) is 14.5 Å². The molecular weight excluding hydrogens is 376 g/mol. The third-order valence-electron chi connectivity index (χ3n) is 4.95. The lowest BCUT2D eigenvalue weighted by atomic mass is 10.1. The molecule has 1 unspecified atom stereocenters. The number of morpholine rings is 1. The van der Waals surface area contributed by atoms with E-state index in [-0.39, 0.29) is 23.9 Å². The molecule has 1 saturated heterocycles. The molecule has 4 rings (SSSR count). The highest BCUT2D eigenvalue weighted by atomic mass is 32.1. The van der Waals surface area contributed by atoms with E-state index in [4.69, 9.17) is 4.74 Å². The molecular formula is C20H22N4O3S. The number of fused-ring (bicyclic) bond motifs is 1. The molecule has 1 aliphatic rings. The fourth-order valence-corrected chi connectivity index (χ4v) is 4.37. The maximum absolute atomic E-state index is 12.6. The molecule has 3 heterocycles. The van der Waals surface area contributed by atoms with Crippen LogP contribution in [0.2, 0.25) is 0 Å². The van der Waals surface area contributed by atoms with Crippen LogP contribution in [0.25, 0.3) is 10.8 Å². The molecule has 146 valence electrons. The summed E-state index contributed by atoms with van der Waals surface area (Å²) in [6.45, 7) is 3.65. The number of rotatable bonds is 6. The van der Waals surface area contributed by atoms with Crippen molar-refractivity contribution in [1.29, 1.82) is 0 Å². The molecule has 1 aromatic carbocycles. The lowest BCUT2D eigenvalue weighted by molar-refractivity contribution is -0.120. The summed E-state index contributed by atoms with van der Waals surface area (Å²) in [4.78, 5) is 28.1. The first-order chi connectivity index (χ1) is 13.7. The van der Waals surface area contributed by atoms with Gasteiger partial charge in [-0.15, -0.1) is 11.3 Å². The van der Waals surface area contributed by atoms with Crippen LogP contribution in [0.3, 0.4) is 0 Å². The molecule has 1 amide bonds. The first-order valence-corrected chi connectivity index (χ1v) is 10.2. The maximum atomic E-state index is 12.6. The van der Waals surface area contributed by atoms with E-state index in [0.717, 1.165) is 13.1 Å². The normalized spacial score (nSPS) is 16.1. The van der Waals surface area contributed by atoms with Crippen LogP contribution < -0.4 is 10.9 Å². The summed E-state index contributed by atoms with van der Waals surface area (Å²) in [5, 5.41) is 12.9. The minimum Gasteiger partial charge on any atom is -0.379 e. The number of hydrogen-bond donors (Lipinski definition) is 2. The lowest BCUT2D eigenvalue weighted by Gasteiger charge is -2.34. The van der Waals surface area contributed by atoms with Crippen LogP contribution in [0, 0.1) is 0 Å². The number of carbonyl (C=O) groups is 1. The van der Waals surface area contributed by atoms with Crippen molar-refractivity contribution in [2.24, 2.45) is 0 Å². The maximum Gasteiger partial charge on any atom is 0.272 e. The van der Waals surface area contributed by atoms with Crippen molar-refractivity contribution in [3.05, 3.63) is 62.7 Å². The Morgan fingerprint density at radius 3 is 2.75 bits per heavy atom. The van der Waals surface area contributed by atoms with Gasteiger partial charge in [0.1, 0.15) is 0 Å². The highest BCUT2D eigenvalue weighted by Gasteiger charge is 2.24. The number of H-pyrrole nitrogens is 1. The summed E-state index contributed by atoms with van der Waals surface area (Å²) >= 11 is 1.70. The van der Waals surface area contributed by atoms with E-state index < -0.39 is 0 Å². The summed E-state index contributed by atoms with van der Waals surface area (Å²) in [6, 6.07) is 11.5. The van der Waals surface area contributed by atoms with E-state index >= 15 is 0 Å². The first kappa shape index (κ1) is 18.8. The van der Waals surface area contributed by atoms with E-state index in [2.05, 4.69) is 31.9 Å². The zero-order chi connectivity index (χ0) is 19.3. The third kappa shape index (κ3) is 4.14. The molecule has 1 aliphatic heterocycles. The van der Waals surface area contributed by atoms with Gasteiger partial charge in [-0.05, 0) is 17.5 Å². The molecule has 7 nitrogen and oxygen atoms in total. The summed E-state index contributed by atoms with van der Waals surface area (Å²) in [5.41, 5.74) is 0.330. The second-order valence-corrected chi connectivity index (χ2v) is 7.68. The van der Waals surface area contributed by atoms with Crippen LogP contribution in [0.4, 0.5) is 0 Å². The summed E-state index contributed by atoms with van der Waals surface area (Å²) < 4.78 is 5.46. The number of nitrogens with one attached hydrogen (secondary N) is 2. The number of carbonyl (C=O) groups excluding carboxylic acids is 1. The van der Waals surface area contributed by atoms with E-state index in [9.17, 15) is 9.59 Å². The zero-order valence-electron chi connectivity index (χ0n) is 15.4. The van der Waals surface area contributed by atoms with E-state index in [1.165, 1.54) is 4.88 Å². The minimum atomic E-state index is -0.246. The van der Waals surface area contributed by atoms with Crippen molar-refractivity contribution in [1.82, 2.24) is 20.4 Å². The first-order valence-electron chi connectivity index (χ1n) is 9.30. The van der Waals surface area contributed by atoms with Gasteiger partial charge in [-0.25, -0.2) is 5.10 Å². The van der Waals surface area contributed by atoms with Gasteiger partial charge < -0.3 is 10.1 Å². The van der Waals surface area contributed by atoms with Gasteiger partial charge in [0.25, 0.3) is 5.56 Å². The Morgan fingerprint density at radius 2 is 2.00 bits per heavy atom. The van der Waals surface area contributed by atoms with Crippen molar-refractivity contribution in [3.8, 4) is 0 Å².